The first kappa shape index (κ1) is 31.1. The van der Waals surface area contributed by atoms with Gasteiger partial charge in [0.25, 0.3) is 0 Å². The van der Waals surface area contributed by atoms with E-state index in [2.05, 4.69) is 111 Å². The van der Waals surface area contributed by atoms with Crippen LogP contribution in [0.15, 0.2) is 36.5 Å². The highest BCUT2D eigenvalue weighted by molar-refractivity contribution is 6.91. The van der Waals surface area contributed by atoms with Gasteiger partial charge in [-0.3, -0.25) is 4.98 Å². The van der Waals surface area contributed by atoms with Crippen molar-refractivity contribution in [3.8, 4) is 34.2 Å². The van der Waals surface area contributed by atoms with Gasteiger partial charge in [0.1, 0.15) is 22.0 Å². The molecule has 1 nitrogen and oxygen atoms in total. The van der Waals surface area contributed by atoms with Gasteiger partial charge in [-0.2, -0.15) is 0 Å². The molecule has 2 rings (SSSR count). The Morgan fingerprint density at radius 3 is 1.49 bits per heavy atom. The van der Waals surface area contributed by atoms with E-state index in [1.54, 1.807) is 12.3 Å². The molecular weight excluding hydrogens is 486 g/mol. The van der Waals surface area contributed by atoms with E-state index in [1.165, 1.54) is 0 Å². The van der Waals surface area contributed by atoms with Gasteiger partial charge in [0.15, 0.2) is 0 Å². The summed E-state index contributed by atoms with van der Waals surface area (Å²) in [6.07, 6.45) is 1.76. The van der Waals surface area contributed by atoms with Crippen LogP contribution in [0.4, 0.5) is 4.39 Å². The van der Waals surface area contributed by atoms with Crippen LogP contribution in [0.3, 0.4) is 0 Å². The molecule has 0 aliphatic rings. The molecule has 0 saturated heterocycles. The van der Waals surface area contributed by atoms with E-state index in [-0.39, 0.29) is 5.82 Å². The monoisotopic (exact) mass is 533 g/mol. The Balaban J connectivity index is 2.94. The summed E-state index contributed by atoms with van der Waals surface area (Å²) in [6.45, 7) is 27.6. The quantitative estimate of drug-likeness (QED) is 0.255. The Kier molecular flexibility index (Phi) is 10.6. The van der Waals surface area contributed by atoms with Gasteiger partial charge in [-0.1, -0.05) is 101 Å². The molecule has 4 heteroatoms. The highest BCUT2D eigenvalue weighted by Gasteiger charge is 2.42. The van der Waals surface area contributed by atoms with Gasteiger partial charge in [-0.25, -0.2) is 4.39 Å². The molecule has 0 spiro atoms. The highest BCUT2D eigenvalue weighted by atomic mass is 28.3. The smallest absolute Gasteiger partial charge is 0.146 e. The Hall–Kier alpha value is -2.15. The molecule has 1 heterocycles. The van der Waals surface area contributed by atoms with Crippen LogP contribution in [0.1, 0.15) is 94.2 Å². The maximum absolute atomic E-state index is 15.6. The van der Waals surface area contributed by atoms with Gasteiger partial charge in [0.2, 0.25) is 0 Å². The largest absolute Gasteiger partial charge is 0.256 e. The van der Waals surface area contributed by atoms with Crippen LogP contribution in [0.25, 0.3) is 11.3 Å². The summed E-state index contributed by atoms with van der Waals surface area (Å²) < 4.78 is 15.6. The van der Waals surface area contributed by atoms with Gasteiger partial charge in [0, 0.05) is 17.3 Å². The molecule has 0 amide bonds. The van der Waals surface area contributed by atoms with E-state index < -0.39 is 16.1 Å². The predicted molar refractivity (Wildman–Crippen MR) is 165 cm³/mol. The van der Waals surface area contributed by atoms with Crippen LogP contribution < -0.4 is 0 Å². The van der Waals surface area contributed by atoms with Crippen molar-refractivity contribution >= 4 is 16.1 Å². The molecule has 1 aromatic heterocycles. The fourth-order valence-corrected chi connectivity index (χ4v) is 17.2. The van der Waals surface area contributed by atoms with E-state index in [9.17, 15) is 0 Å². The van der Waals surface area contributed by atoms with Crippen LogP contribution >= 0.6 is 0 Å². The van der Waals surface area contributed by atoms with Crippen LogP contribution in [-0.2, 0) is 0 Å². The van der Waals surface area contributed by atoms with Gasteiger partial charge < -0.3 is 0 Å². The molecule has 0 unspecified atom stereocenters. The molecule has 0 saturated carbocycles. The molecule has 0 aliphatic carbocycles. The molecule has 1 aromatic carbocycles. The van der Waals surface area contributed by atoms with Crippen LogP contribution in [0.2, 0.25) is 33.2 Å². The van der Waals surface area contributed by atoms with E-state index in [0.717, 1.165) is 16.8 Å². The van der Waals surface area contributed by atoms with E-state index in [1.807, 2.05) is 24.3 Å². The van der Waals surface area contributed by atoms with E-state index in [4.69, 9.17) is 0 Å². The summed E-state index contributed by atoms with van der Waals surface area (Å²) in [5.74, 6) is 6.70. The Labute approximate surface area is 229 Å². The zero-order valence-corrected chi connectivity index (χ0v) is 27.3. The molecular formula is C33H48FNSi2. The van der Waals surface area contributed by atoms with Crippen molar-refractivity contribution < 1.29 is 4.39 Å². The number of halogens is 1. The Morgan fingerprint density at radius 2 is 1.08 bits per heavy atom. The van der Waals surface area contributed by atoms with Gasteiger partial charge in [-0.15, -0.1) is 11.1 Å². The number of hydrogen-bond donors (Lipinski definition) is 0. The lowest BCUT2D eigenvalue weighted by molar-refractivity contribution is 0.624. The average molecular weight is 534 g/mol. The fourth-order valence-electron chi connectivity index (χ4n) is 6.79. The molecule has 0 fully saturated rings. The molecule has 0 atom stereocenters. The molecule has 37 heavy (non-hydrogen) atoms. The number of benzene rings is 1. The van der Waals surface area contributed by atoms with Crippen molar-refractivity contribution in [2.45, 2.75) is 116 Å². The number of aromatic nitrogens is 1. The lowest BCUT2D eigenvalue weighted by Crippen LogP contribution is -2.43. The third-order valence-electron chi connectivity index (χ3n) is 8.63. The Bertz CT molecular complexity index is 1130. The minimum atomic E-state index is -2.05. The van der Waals surface area contributed by atoms with Crippen molar-refractivity contribution in [3.05, 3.63) is 53.5 Å². The minimum absolute atomic E-state index is 0.294. The third-order valence-corrected chi connectivity index (χ3v) is 21.2. The maximum Gasteiger partial charge on any atom is 0.146 e. The molecule has 0 radical (unpaired) electrons. The van der Waals surface area contributed by atoms with Crippen molar-refractivity contribution in [1.29, 1.82) is 0 Å². The molecule has 0 N–H and O–H groups in total. The molecule has 2 aromatic rings. The van der Waals surface area contributed by atoms with Crippen LogP contribution in [0, 0.1) is 28.7 Å². The van der Waals surface area contributed by atoms with E-state index in [0.29, 0.717) is 38.8 Å². The normalized spacial score (nSPS) is 12.4. The first-order valence-corrected chi connectivity index (χ1v) is 18.5. The maximum atomic E-state index is 15.6. The van der Waals surface area contributed by atoms with Crippen molar-refractivity contribution in [3.63, 3.8) is 0 Å². The molecule has 200 valence electrons. The lowest BCUT2D eigenvalue weighted by Gasteiger charge is -2.38. The Morgan fingerprint density at radius 1 is 0.622 bits per heavy atom. The summed E-state index contributed by atoms with van der Waals surface area (Å²) in [5, 5.41) is 0. The van der Waals surface area contributed by atoms with Gasteiger partial charge >= 0.3 is 0 Å². The second kappa shape index (κ2) is 12.6. The van der Waals surface area contributed by atoms with Crippen LogP contribution in [-0.4, -0.2) is 21.1 Å². The summed E-state index contributed by atoms with van der Waals surface area (Å²) in [5.41, 5.74) is 13.3. The second-order valence-corrected chi connectivity index (χ2v) is 23.5. The first-order chi connectivity index (χ1) is 17.2. The number of rotatable bonds is 7. The number of nitrogens with zero attached hydrogens (tertiary/aromatic N) is 1. The molecule has 0 bridgehead atoms. The topological polar surface area (TPSA) is 12.9 Å². The number of pyridine rings is 1. The zero-order chi connectivity index (χ0) is 28.1. The van der Waals surface area contributed by atoms with Gasteiger partial charge in [0.05, 0.1) is 11.3 Å². The summed E-state index contributed by atoms with van der Waals surface area (Å²) in [4.78, 5) is 4.63. The summed E-state index contributed by atoms with van der Waals surface area (Å²) >= 11 is 0. The zero-order valence-electron chi connectivity index (χ0n) is 25.3. The standard InChI is InChI=1S/C33H48FNSi2/c1-23(2)36(24(3)4,25(5)6)21-18-29-16-17-31(34)30(33(29)32-15-13-14-20-35-32)19-22-37(26(7)8,27(9)10)28(11)12/h13-17,20,23-28H,1-12H3. The minimum Gasteiger partial charge on any atom is -0.256 e. The number of hydrogen-bond acceptors (Lipinski definition) is 1. The predicted octanol–water partition coefficient (Wildman–Crippen LogP) is 10.0. The van der Waals surface area contributed by atoms with Gasteiger partial charge in [-0.05, 0) is 57.5 Å². The third kappa shape index (κ3) is 6.13. The van der Waals surface area contributed by atoms with E-state index >= 15 is 4.39 Å². The lowest BCUT2D eigenvalue weighted by atomic mass is 9.98. The van der Waals surface area contributed by atoms with Crippen LogP contribution in [0.5, 0.6) is 0 Å². The highest BCUT2D eigenvalue weighted by Crippen LogP contribution is 2.42. The molecule has 0 aliphatic heterocycles. The second-order valence-electron chi connectivity index (χ2n) is 12.4. The van der Waals surface area contributed by atoms with Crippen molar-refractivity contribution in [2.24, 2.45) is 0 Å². The average Bonchev–Trinajstić information content (AvgIpc) is 2.80. The van der Waals surface area contributed by atoms with Crippen molar-refractivity contribution in [1.82, 2.24) is 4.98 Å². The summed E-state index contributed by atoms with van der Waals surface area (Å²) in [6, 6.07) is 9.17. The summed E-state index contributed by atoms with van der Waals surface area (Å²) in [7, 11) is -4.01. The first-order valence-electron chi connectivity index (χ1n) is 14.0. The SMILES string of the molecule is CC(C)[Si](C#Cc1ccc(F)c(C#C[Si](C(C)C)(C(C)C)C(C)C)c1-c1ccccn1)(C(C)C)C(C)C. The fraction of sp³-hybridized carbons (Fsp3) is 0.545. The van der Waals surface area contributed by atoms with Crippen molar-refractivity contribution in [2.75, 3.05) is 0 Å².